The molecular weight excluding hydrogens is 275 g/mol. The van der Waals surface area contributed by atoms with Crippen molar-refractivity contribution < 1.29 is 9.53 Å². The van der Waals surface area contributed by atoms with Gasteiger partial charge in [-0.1, -0.05) is 23.2 Å². The zero-order chi connectivity index (χ0) is 13.2. The van der Waals surface area contributed by atoms with Crippen molar-refractivity contribution in [1.82, 2.24) is 10.3 Å². The standard InChI is InChI=1S/C12H14Cl2N2O2/c1-12(4-6-18-7-5-12)16-11(17)8-2-3-9(13)15-10(8)14/h2-3H,4-7H2,1H3,(H,16,17). The number of ether oxygens (including phenoxy) is 1. The summed E-state index contributed by atoms with van der Waals surface area (Å²) in [6, 6.07) is 3.13. The van der Waals surface area contributed by atoms with Crippen molar-refractivity contribution in [2.75, 3.05) is 13.2 Å². The predicted molar refractivity (Wildman–Crippen MR) is 70.2 cm³/mol. The van der Waals surface area contributed by atoms with Crippen LogP contribution in [0, 0.1) is 0 Å². The normalized spacial score (nSPS) is 18.4. The molecule has 0 saturated carbocycles. The van der Waals surface area contributed by atoms with Gasteiger partial charge in [-0.25, -0.2) is 4.98 Å². The Balaban J connectivity index is 2.11. The van der Waals surface area contributed by atoms with Gasteiger partial charge in [0, 0.05) is 18.8 Å². The number of halogens is 2. The minimum Gasteiger partial charge on any atom is -0.381 e. The lowest BCUT2D eigenvalue weighted by Gasteiger charge is -2.34. The van der Waals surface area contributed by atoms with Crippen molar-refractivity contribution in [3.63, 3.8) is 0 Å². The van der Waals surface area contributed by atoms with Crippen LogP contribution >= 0.6 is 23.2 Å². The summed E-state index contributed by atoms with van der Waals surface area (Å²) in [4.78, 5) is 16.0. The number of hydrogen-bond donors (Lipinski definition) is 1. The van der Waals surface area contributed by atoms with Crippen molar-refractivity contribution in [3.8, 4) is 0 Å². The summed E-state index contributed by atoms with van der Waals surface area (Å²) in [7, 11) is 0. The van der Waals surface area contributed by atoms with Crippen molar-refractivity contribution in [2.24, 2.45) is 0 Å². The zero-order valence-corrected chi connectivity index (χ0v) is 11.5. The first kappa shape index (κ1) is 13.6. The summed E-state index contributed by atoms with van der Waals surface area (Å²) < 4.78 is 5.28. The monoisotopic (exact) mass is 288 g/mol. The minimum atomic E-state index is -0.252. The molecule has 1 aromatic heterocycles. The van der Waals surface area contributed by atoms with Gasteiger partial charge in [-0.05, 0) is 31.9 Å². The molecule has 1 N–H and O–H groups in total. The maximum absolute atomic E-state index is 12.1. The molecule has 1 fully saturated rings. The topological polar surface area (TPSA) is 51.2 Å². The number of rotatable bonds is 2. The molecule has 0 atom stereocenters. The average Bonchev–Trinajstić information content (AvgIpc) is 2.28. The molecule has 0 spiro atoms. The molecule has 2 heterocycles. The van der Waals surface area contributed by atoms with Crippen LogP contribution in [0.15, 0.2) is 12.1 Å². The third-order valence-electron chi connectivity index (χ3n) is 3.07. The number of nitrogens with one attached hydrogen (secondary N) is 1. The van der Waals surface area contributed by atoms with Crippen LogP contribution < -0.4 is 5.32 Å². The van der Waals surface area contributed by atoms with Crippen LogP contribution in [0.1, 0.15) is 30.1 Å². The van der Waals surface area contributed by atoms with Gasteiger partial charge in [0.05, 0.1) is 5.56 Å². The molecule has 0 unspecified atom stereocenters. The molecule has 0 aliphatic carbocycles. The molecule has 0 aromatic carbocycles. The van der Waals surface area contributed by atoms with E-state index >= 15 is 0 Å². The highest BCUT2D eigenvalue weighted by Gasteiger charge is 2.29. The van der Waals surface area contributed by atoms with Crippen molar-refractivity contribution >= 4 is 29.1 Å². The summed E-state index contributed by atoms with van der Waals surface area (Å²) >= 11 is 11.6. The van der Waals surface area contributed by atoms with Gasteiger partial charge in [0.1, 0.15) is 10.3 Å². The summed E-state index contributed by atoms with van der Waals surface area (Å²) in [6.07, 6.45) is 1.58. The number of amides is 1. The molecule has 1 saturated heterocycles. The average molecular weight is 289 g/mol. The van der Waals surface area contributed by atoms with E-state index in [9.17, 15) is 4.79 Å². The first-order chi connectivity index (χ1) is 8.50. The Morgan fingerprint density at radius 1 is 1.39 bits per heavy atom. The SMILES string of the molecule is CC1(NC(=O)c2ccc(Cl)nc2Cl)CCOCC1. The highest BCUT2D eigenvalue weighted by molar-refractivity contribution is 6.34. The van der Waals surface area contributed by atoms with Gasteiger partial charge in [0.25, 0.3) is 5.91 Å². The fourth-order valence-electron chi connectivity index (χ4n) is 1.87. The van der Waals surface area contributed by atoms with Crippen LogP contribution in [-0.4, -0.2) is 29.6 Å². The van der Waals surface area contributed by atoms with Gasteiger partial charge >= 0.3 is 0 Å². The van der Waals surface area contributed by atoms with Crippen LogP contribution in [0.5, 0.6) is 0 Å². The Kier molecular flexibility index (Phi) is 4.10. The van der Waals surface area contributed by atoms with E-state index in [1.165, 1.54) is 0 Å². The number of hydrogen-bond acceptors (Lipinski definition) is 3. The van der Waals surface area contributed by atoms with E-state index in [4.69, 9.17) is 27.9 Å². The van der Waals surface area contributed by atoms with Crippen molar-refractivity contribution in [1.29, 1.82) is 0 Å². The van der Waals surface area contributed by atoms with Crippen molar-refractivity contribution in [2.45, 2.75) is 25.3 Å². The number of carbonyl (C=O) groups is 1. The van der Waals surface area contributed by atoms with Crippen LogP contribution in [0.25, 0.3) is 0 Å². The molecular formula is C12H14Cl2N2O2. The lowest BCUT2D eigenvalue weighted by atomic mass is 9.92. The van der Waals surface area contributed by atoms with Gasteiger partial charge in [-0.2, -0.15) is 0 Å². The predicted octanol–water partition coefficient (Wildman–Crippen LogP) is 2.69. The first-order valence-corrected chi connectivity index (χ1v) is 6.48. The Morgan fingerprint density at radius 2 is 2.06 bits per heavy atom. The smallest absolute Gasteiger partial charge is 0.254 e. The van der Waals surface area contributed by atoms with E-state index in [0.29, 0.717) is 18.8 Å². The van der Waals surface area contributed by atoms with Crippen LogP contribution in [0.2, 0.25) is 10.3 Å². The van der Waals surface area contributed by atoms with Gasteiger partial charge in [-0.3, -0.25) is 4.79 Å². The quantitative estimate of drug-likeness (QED) is 0.852. The third-order valence-corrected chi connectivity index (χ3v) is 3.57. The number of pyridine rings is 1. The molecule has 1 aromatic rings. The number of nitrogens with zero attached hydrogens (tertiary/aromatic N) is 1. The van der Waals surface area contributed by atoms with Gasteiger partial charge in [0.2, 0.25) is 0 Å². The van der Waals surface area contributed by atoms with E-state index in [0.717, 1.165) is 12.8 Å². The summed E-state index contributed by atoms with van der Waals surface area (Å²) in [6.45, 7) is 3.32. The zero-order valence-electron chi connectivity index (χ0n) is 10.0. The Hall–Kier alpha value is -0.840. The second kappa shape index (κ2) is 5.43. The highest BCUT2D eigenvalue weighted by atomic mass is 35.5. The molecule has 1 aliphatic rings. The summed E-state index contributed by atoms with van der Waals surface area (Å²) in [5.74, 6) is -0.228. The van der Waals surface area contributed by atoms with E-state index in [-0.39, 0.29) is 21.8 Å². The molecule has 2 rings (SSSR count). The second-order valence-corrected chi connectivity index (χ2v) is 5.34. The Morgan fingerprint density at radius 3 is 2.67 bits per heavy atom. The fraction of sp³-hybridized carbons (Fsp3) is 0.500. The number of aromatic nitrogens is 1. The summed E-state index contributed by atoms with van der Waals surface area (Å²) in [5.41, 5.74) is 0.0898. The highest BCUT2D eigenvalue weighted by Crippen LogP contribution is 2.22. The Bertz CT molecular complexity index is 459. The molecule has 4 nitrogen and oxygen atoms in total. The van der Waals surface area contributed by atoms with Gasteiger partial charge in [0.15, 0.2) is 0 Å². The van der Waals surface area contributed by atoms with E-state index in [1.807, 2.05) is 6.92 Å². The van der Waals surface area contributed by atoms with E-state index in [2.05, 4.69) is 10.3 Å². The lowest BCUT2D eigenvalue weighted by molar-refractivity contribution is 0.0423. The minimum absolute atomic E-state index is 0.121. The van der Waals surface area contributed by atoms with Crippen molar-refractivity contribution in [3.05, 3.63) is 28.0 Å². The number of carbonyl (C=O) groups excluding carboxylic acids is 1. The largest absolute Gasteiger partial charge is 0.381 e. The maximum atomic E-state index is 12.1. The molecule has 1 amide bonds. The Labute approximate surface area is 116 Å². The molecule has 98 valence electrons. The van der Waals surface area contributed by atoms with Crippen LogP contribution in [0.3, 0.4) is 0 Å². The van der Waals surface area contributed by atoms with Crippen LogP contribution in [0.4, 0.5) is 0 Å². The van der Waals surface area contributed by atoms with E-state index in [1.54, 1.807) is 12.1 Å². The van der Waals surface area contributed by atoms with Gasteiger partial charge < -0.3 is 10.1 Å². The molecule has 18 heavy (non-hydrogen) atoms. The third kappa shape index (κ3) is 3.13. The van der Waals surface area contributed by atoms with E-state index < -0.39 is 0 Å². The maximum Gasteiger partial charge on any atom is 0.254 e. The fourth-order valence-corrected chi connectivity index (χ4v) is 2.30. The molecule has 1 aliphatic heterocycles. The first-order valence-electron chi connectivity index (χ1n) is 5.72. The summed E-state index contributed by atoms with van der Waals surface area (Å²) in [5, 5.41) is 3.38. The molecule has 0 bridgehead atoms. The van der Waals surface area contributed by atoms with Crippen LogP contribution in [-0.2, 0) is 4.74 Å². The molecule has 6 heteroatoms. The van der Waals surface area contributed by atoms with Gasteiger partial charge in [-0.15, -0.1) is 0 Å². The second-order valence-electron chi connectivity index (χ2n) is 4.60. The lowest BCUT2D eigenvalue weighted by Crippen LogP contribution is -2.49. The molecule has 0 radical (unpaired) electrons.